The smallest absolute Gasteiger partial charge is 0.263 e. The molecule has 0 aliphatic rings. The number of halogens is 1. The van der Waals surface area contributed by atoms with Crippen LogP contribution in [0, 0.1) is 6.92 Å². The average Bonchev–Trinajstić information content (AvgIpc) is 3.12. The Morgan fingerprint density at radius 2 is 2.23 bits per heavy atom. The number of benzene rings is 1. The lowest BCUT2D eigenvalue weighted by Gasteiger charge is -2.00. The van der Waals surface area contributed by atoms with Gasteiger partial charge in [0, 0.05) is 10.6 Å². The first-order valence-electron chi connectivity index (χ1n) is 6.44. The van der Waals surface area contributed by atoms with E-state index in [1.165, 1.54) is 17.2 Å². The van der Waals surface area contributed by atoms with Gasteiger partial charge in [0.15, 0.2) is 0 Å². The molecule has 0 aliphatic carbocycles. The maximum Gasteiger partial charge on any atom is 0.263 e. The number of rotatable bonds is 4. The molecule has 0 amide bonds. The molecule has 2 aromatic heterocycles. The van der Waals surface area contributed by atoms with Crippen molar-refractivity contribution in [3.05, 3.63) is 53.0 Å². The minimum Gasteiger partial charge on any atom is -0.455 e. The minimum atomic E-state index is 0.327. The van der Waals surface area contributed by atoms with Crippen molar-refractivity contribution in [1.29, 1.82) is 0 Å². The largest absolute Gasteiger partial charge is 0.455 e. The normalized spacial score (nSPS) is 11.2. The molecule has 2 heterocycles. The molecule has 3 N–H and O–H groups in total. The molecule has 8 heteroatoms. The van der Waals surface area contributed by atoms with Gasteiger partial charge in [-0.05, 0) is 30.7 Å². The first-order chi connectivity index (χ1) is 10.6. The zero-order chi connectivity index (χ0) is 15.5. The van der Waals surface area contributed by atoms with Crippen molar-refractivity contribution in [3.63, 3.8) is 0 Å². The number of nitrogens with two attached hydrogens (primary N) is 1. The lowest BCUT2D eigenvalue weighted by molar-refractivity contribution is 0.575. The summed E-state index contributed by atoms with van der Waals surface area (Å²) in [5, 5.41) is 12.0. The molecule has 0 radical (unpaired) electrons. The van der Waals surface area contributed by atoms with Crippen molar-refractivity contribution >= 4 is 23.8 Å². The van der Waals surface area contributed by atoms with Gasteiger partial charge in [-0.2, -0.15) is 5.10 Å². The molecule has 0 saturated heterocycles. The maximum absolute atomic E-state index is 6.12. The van der Waals surface area contributed by atoms with E-state index >= 15 is 0 Å². The van der Waals surface area contributed by atoms with E-state index in [1.54, 1.807) is 6.07 Å². The summed E-state index contributed by atoms with van der Waals surface area (Å²) in [4.78, 5) is 0. The number of nitrogens with zero attached hydrogens (tertiary/aromatic N) is 4. The van der Waals surface area contributed by atoms with Gasteiger partial charge >= 0.3 is 0 Å². The van der Waals surface area contributed by atoms with Crippen LogP contribution >= 0.6 is 11.6 Å². The van der Waals surface area contributed by atoms with E-state index in [2.05, 4.69) is 20.7 Å². The Morgan fingerprint density at radius 1 is 1.36 bits per heavy atom. The summed E-state index contributed by atoms with van der Waals surface area (Å²) in [6.45, 7) is 1.95. The fraction of sp³-hybridized carbons (Fsp3) is 0.0714. The molecular weight excluding hydrogens is 304 g/mol. The highest BCUT2D eigenvalue weighted by atomic mass is 35.5. The Kier molecular flexibility index (Phi) is 3.80. The fourth-order valence-corrected chi connectivity index (χ4v) is 1.98. The van der Waals surface area contributed by atoms with Gasteiger partial charge in [-0.25, -0.2) is 10.1 Å². The molecule has 1 aromatic carbocycles. The fourth-order valence-electron chi connectivity index (χ4n) is 1.80. The van der Waals surface area contributed by atoms with Crippen LogP contribution in [0.5, 0.6) is 0 Å². The third-order valence-electron chi connectivity index (χ3n) is 3.01. The number of hydrogen-bond donors (Lipinski definition) is 2. The molecule has 0 bridgehead atoms. The number of aromatic nitrogens is 3. The average molecular weight is 317 g/mol. The van der Waals surface area contributed by atoms with E-state index < -0.39 is 0 Å². The second kappa shape index (κ2) is 5.90. The van der Waals surface area contributed by atoms with Gasteiger partial charge in [-0.15, -0.1) is 10.2 Å². The summed E-state index contributed by atoms with van der Waals surface area (Å²) < 4.78 is 6.91. The van der Waals surface area contributed by atoms with Gasteiger partial charge in [-0.1, -0.05) is 23.7 Å². The summed E-state index contributed by atoms with van der Waals surface area (Å²) in [6.07, 6.45) is 2.89. The van der Waals surface area contributed by atoms with Gasteiger partial charge in [0.25, 0.3) is 5.95 Å². The monoisotopic (exact) mass is 316 g/mol. The lowest BCUT2D eigenvalue weighted by atomic mass is 10.1. The summed E-state index contributed by atoms with van der Waals surface area (Å²) in [5.74, 6) is 7.17. The van der Waals surface area contributed by atoms with Crippen LogP contribution in [0.4, 0.5) is 5.95 Å². The lowest BCUT2D eigenvalue weighted by Crippen LogP contribution is -2.10. The molecule has 22 heavy (non-hydrogen) atoms. The Morgan fingerprint density at radius 3 is 2.95 bits per heavy atom. The molecule has 3 rings (SSSR count). The summed E-state index contributed by atoms with van der Waals surface area (Å²) in [5.41, 5.74) is 4.59. The first kappa shape index (κ1) is 14.2. The SMILES string of the molecule is Cc1ccc(-c2ccc(/C=N/Nc3nncn3N)o2)cc1Cl. The van der Waals surface area contributed by atoms with Gasteiger partial charge in [0.1, 0.15) is 17.8 Å². The summed E-state index contributed by atoms with van der Waals surface area (Å²) in [6, 6.07) is 9.43. The quantitative estimate of drug-likeness (QED) is 0.438. The van der Waals surface area contributed by atoms with Crippen molar-refractivity contribution in [2.24, 2.45) is 5.10 Å². The highest BCUT2D eigenvalue weighted by Gasteiger charge is 2.05. The van der Waals surface area contributed by atoms with Gasteiger partial charge in [0.05, 0.1) is 6.21 Å². The van der Waals surface area contributed by atoms with Crippen LogP contribution in [-0.4, -0.2) is 21.1 Å². The van der Waals surface area contributed by atoms with Crippen LogP contribution < -0.4 is 11.3 Å². The molecule has 0 spiro atoms. The number of furan rings is 1. The molecular formula is C14H13ClN6O. The van der Waals surface area contributed by atoms with E-state index in [4.69, 9.17) is 21.9 Å². The maximum atomic E-state index is 6.12. The van der Waals surface area contributed by atoms with E-state index in [9.17, 15) is 0 Å². The third-order valence-corrected chi connectivity index (χ3v) is 3.42. The van der Waals surface area contributed by atoms with E-state index in [0.717, 1.165) is 11.1 Å². The zero-order valence-electron chi connectivity index (χ0n) is 11.7. The van der Waals surface area contributed by atoms with Crippen LogP contribution in [0.3, 0.4) is 0 Å². The highest BCUT2D eigenvalue weighted by molar-refractivity contribution is 6.31. The Labute approximate surface area is 131 Å². The molecule has 112 valence electrons. The topological polar surface area (TPSA) is 94.3 Å². The third kappa shape index (κ3) is 2.94. The Balaban J connectivity index is 1.73. The minimum absolute atomic E-state index is 0.327. The molecule has 0 unspecified atom stereocenters. The molecule has 0 saturated carbocycles. The Hall–Kier alpha value is -2.80. The predicted octanol–water partition coefficient (Wildman–Crippen LogP) is 2.66. The van der Waals surface area contributed by atoms with Gasteiger partial charge in [0.2, 0.25) is 0 Å². The molecule has 0 fully saturated rings. The van der Waals surface area contributed by atoms with Crippen LogP contribution in [0.25, 0.3) is 11.3 Å². The van der Waals surface area contributed by atoms with Crippen molar-refractivity contribution in [1.82, 2.24) is 14.9 Å². The van der Waals surface area contributed by atoms with Crippen molar-refractivity contribution in [2.75, 3.05) is 11.3 Å². The number of nitrogens with one attached hydrogen (secondary N) is 1. The van der Waals surface area contributed by atoms with E-state index in [0.29, 0.717) is 22.5 Å². The second-order valence-corrected chi connectivity index (χ2v) is 5.00. The molecule has 0 aliphatic heterocycles. The standard InChI is InChI=1S/C14H13ClN6O/c1-9-2-3-10(6-12(9)15)13-5-4-11(22-13)7-17-19-14-20-18-8-21(14)16/h2-8H,16H2,1H3,(H,19,20)/b17-7+. The predicted molar refractivity (Wildman–Crippen MR) is 85.3 cm³/mol. The zero-order valence-corrected chi connectivity index (χ0v) is 12.4. The highest BCUT2D eigenvalue weighted by Crippen LogP contribution is 2.26. The number of aryl methyl sites for hydroxylation is 1. The van der Waals surface area contributed by atoms with Gasteiger partial charge in [-0.3, -0.25) is 0 Å². The Bertz CT molecular complexity index is 822. The van der Waals surface area contributed by atoms with Crippen LogP contribution in [0.15, 0.2) is 46.2 Å². The van der Waals surface area contributed by atoms with E-state index in [-0.39, 0.29) is 0 Å². The van der Waals surface area contributed by atoms with Crippen molar-refractivity contribution in [2.45, 2.75) is 6.92 Å². The number of hydrogen-bond acceptors (Lipinski definition) is 6. The number of hydrazone groups is 1. The van der Waals surface area contributed by atoms with Crippen LogP contribution in [0.2, 0.25) is 5.02 Å². The number of anilines is 1. The second-order valence-electron chi connectivity index (χ2n) is 4.60. The van der Waals surface area contributed by atoms with Crippen molar-refractivity contribution in [3.8, 4) is 11.3 Å². The van der Waals surface area contributed by atoms with Crippen LogP contribution in [-0.2, 0) is 0 Å². The molecule has 3 aromatic rings. The van der Waals surface area contributed by atoms with Crippen LogP contribution in [0.1, 0.15) is 11.3 Å². The molecule has 7 nitrogen and oxygen atoms in total. The van der Waals surface area contributed by atoms with E-state index in [1.807, 2.05) is 31.2 Å². The summed E-state index contributed by atoms with van der Waals surface area (Å²) >= 11 is 6.12. The summed E-state index contributed by atoms with van der Waals surface area (Å²) in [7, 11) is 0. The van der Waals surface area contributed by atoms with Crippen molar-refractivity contribution < 1.29 is 4.42 Å². The molecule has 0 atom stereocenters. The number of nitrogen functional groups attached to an aromatic ring is 1. The van der Waals surface area contributed by atoms with Gasteiger partial charge < -0.3 is 10.3 Å². The first-order valence-corrected chi connectivity index (χ1v) is 6.82.